The van der Waals surface area contributed by atoms with E-state index >= 15 is 0 Å². The molecule has 0 amide bonds. The van der Waals surface area contributed by atoms with E-state index in [1.54, 1.807) is 40.3 Å². The average Bonchev–Trinajstić information content (AvgIpc) is 3.32. The molecule has 9 nitrogen and oxygen atoms in total. The lowest BCUT2D eigenvalue weighted by atomic mass is 9.91. The van der Waals surface area contributed by atoms with Crippen molar-refractivity contribution < 1.29 is 0 Å². The molecule has 0 radical (unpaired) electrons. The van der Waals surface area contributed by atoms with E-state index in [0.29, 0.717) is 17.0 Å². The van der Waals surface area contributed by atoms with Crippen molar-refractivity contribution in [2.45, 2.75) is 57.0 Å². The van der Waals surface area contributed by atoms with Gasteiger partial charge in [-0.25, -0.2) is 4.68 Å². The molecule has 3 heterocycles. The number of hydrogen-bond donors (Lipinski definition) is 1. The van der Waals surface area contributed by atoms with Gasteiger partial charge in [0, 0.05) is 26.2 Å². The van der Waals surface area contributed by atoms with Crippen LogP contribution in [0.15, 0.2) is 21.9 Å². The van der Waals surface area contributed by atoms with E-state index in [1.807, 2.05) is 0 Å². The van der Waals surface area contributed by atoms with Gasteiger partial charge in [-0.15, -0.1) is 0 Å². The maximum absolute atomic E-state index is 12.6. The van der Waals surface area contributed by atoms with Gasteiger partial charge in [-0.2, -0.15) is 15.2 Å². The smallest absolute Gasteiger partial charge is 0.267 e. The third-order valence-corrected chi connectivity index (χ3v) is 6.33. The Bertz CT molecular complexity index is 1200. The molecule has 0 bridgehead atoms. The highest BCUT2D eigenvalue weighted by Gasteiger charge is 2.26. The van der Waals surface area contributed by atoms with Crippen molar-refractivity contribution >= 4 is 17.0 Å². The van der Waals surface area contributed by atoms with Gasteiger partial charge < -0.3 is 5.32 Å². The predicted molar refractivity (Wildman–Crippen MR) is 109 cm³/mol. The van der Waals surface area contributed by atoms with Crippen LogP contribution in [-0.4, -0.2) is 35.2 Å². The summed E-state index contributed by atoms with van der Waals surface area (Å²) in [4.78, 5) is 29.7. The lowest BCUT2D eigenvalue weighted by Crippen LogP contribution is -2.35. The van der Waals surface area contributed by atoms with Gasteiger partial charge in [0.25, 0.3) is 11.1 Å². The Hall–Kier alpha value is -2.97. The Labute approximate surface area is 167 Å². The van der Waals surface area contributed by atoms with Crippen LogP contribution in [0.2, 0.25) is 0 Å². The predicted octanol–water partition coefficient (Wildman–Crippen LogP) is 1.31. The molecule has 0 spiro atoms. The number of anilines is 1. The molecule has 3 aromatic heterocycles. The Kier molecular flexibility index (Phi) is 4.25. The highest BCUT2D eigenvalue weighted by Crippen LogP contribution is 2.29. The van der Waals surface area contributed by atoms with Crippen molar-refractivity contribution in [3.8, 4) is 0 Å². The second-order valence-corrected chi connectivity index (χ2v) is 8.21. The molecule has 1 N–H and O–H groups in total. The zero-order valence-electron chi connectivity index (χ0n) is 16.8. The van der Waals surface area contributed by atoms with Gasteiger partial charge in [0.2, 0.25) is 5.95 Å². The Balaban J connectivity index is 1.33. The maximum Gasteiger partial charge on any atom is 0.267 e. The van der Waals surface area contributed by atoms with Crippen molar-refractivity contribution in [2.24, 2.45) is 14.1 Å². The van der Waals surface area contributed by atoms with Crippen molar-refractivity contribution in [3.63, 3.8) is 0 Å². The van der Waals surface area contributed by atoms with Crippen LogP contribution in [0.4, 0.5) is 5.95 Å². The summed E-state index contributed by atoms with van der Waals surface area (Å²) in [5.41, 5.74) is 2.71. The topological polar surface area (TPSA) is 99.6 Å². The molecule has 2 aliphatic rings. The van der Waals surface area contributed by atoms with E-state index in [9.17, 15) is 9.59 Å². The van der Waals surface area contributed by atoms with Crippen LogP contribution in [0.3, 0.4) is 0 Å². The van der Waals surface area contributed by atoms with Gasteiger partial charge in [0.05, 0.1) is 17.9 Å². The third kappa shape index (κ3) is 3.04. The summed E-state index contributed by atoms with van der Waals surface area (Å²) in [6, 6.07) is 2.13. The molecule has 0 aliphatic heterocycles. The molecular formula is C20H25N7O2. The number of aromatic nitrogens is 6. The summed E-state index contributed by atoms with van der Waals surface area (Å²) in [5.74, 6) is 0.558. The minimum atomic E-state index is -0.104. The Morgan fingerprint density at radius 3 is 2.69 bits per heavy atom. The van der Waals surface area contributed by atoms with Gasteiger partial charge >= 0.3 is 0 Å². The highest BCUT2D eigenvalue weighted by atomic mass is 16.1. The fraction of sp³-hybridized carbons (Fsp3) is 0.550. The monoisotopic (exact) mass is 395 g/mol. The van der Waals surface area contributed by atoms with Crippen LogP contribution in [0, 0.1) is 0 Å². The number of nitrogens with zero attached hydrogens (tertiary/aromatic N) is 6. The lowest BCUT2D eigenvalue weighted by molar-refractivity contribution is 0.301. The van der Waals surface area contributed by atoms with Gasteiger partial charge in [-0.1, -0.05) is 0 Å². The summed E-state index contributed by atoms with van der Waals surface area (Å²) < 4.78 is 4.86. The van der Waals surface area contributed by atoms with Crippen LogP contribution >= 0.6 is 0 Å². The van der Waals surface area contributed by atoms with E-state index in [4.69, 9.17) is 0 Å². The fourth-order valence-corrected chi connectivity index (χ4v) is 4.62. The molecule has 1 fully saturated rings. The first kappa shape index (κ1) is 18.1. The van der Waals surface area contributed by atoms with Gasteiger partial charge in [0.1, 0.15) is 5.39 Å². The largest absolute Gasteiger partial charge is 0.353 e. The first-order valence-electron chi connectivity index (χ1n) is 10.3. The highest BCUT2D eigenvalue weighted by molar-refractivity contribution is 5.74. The molecule has 0 atom stereocenters. The van der Waals surface area contributed by atoms with Crippen LogP contribution in [0.5, 0.6) is 0 Å². The number of aryl methyl sites for hydroxylation is 3. The Morgan fingerprint density at radius 2 is 1.90 bits per heavy atom. The van der Waals surface area contributed by atoms with Gasteiger partial charge in [-0.3, -0.25) is 18.8 Å². The Morgan fingerprint density at radius 1 is 1.10 bits per heavy atom. The van der Waals surface area contributed by atoms with Crippen LogP contribution < -0.4 is 16.4 Å². The number of rotatable bonds is 3. The van der Waals surface area contributed by atoms with Crippen LogP contribution in [0.1, 0.15) is 49.4 Å². The average molecular weight is 395 g/mol. The van der Waals surface area contributed by atoms with Crippen molar-refractivity contribution in [3.05, 3.63) is 44.2 Å². The van der Waals surface area contributed by atoms with Crippen molar-refractivity contribution in [2.75, 3.05) is 5.32 Å². The first-order chi connectivity index (χ1) is 14.0. The molecule has 1 saturated carbocycles. The summed E-state index contributed by atoms with van der Waals surface area (Å²) in [6.07, 6.45) is 8.15. The summed E-state index contributed by atoms with van der Waals surface area (Å²) in [7, 11) is 3.51. The van der Waals surface area contributed by atoms with E-state index < -0.39 is 0 Å². The minimum absolute atomic E-state index is 0.0211. The molecule has 5 rings (SSSR count). The number of nitrogens with one attached hydrogen (secondary N) is 1. The standard InChI is InChI=1S/C20H25N7O2/c1-25-19(29)15-11-21-26(2)18(15)23-20(25)22-13-6-8-14(9-7-13)27-17(28)10-12-4-3-5-16(12)24-27/h10-11,13-14H,3-9H2,1-2H3,(H,22,23). The van der Waals surface area contributed by atoms with E-state index in [2.05, 4.69) is 20.5 Å². The molecule has 2 aliphatic carbocycles. The molecule has 0 aromatic carbocycles. The lowest BCUT2D eigenvalue weighted by Gasteiger charge is -2.30. The van der Waals surface area contributed by atoms with E-state index in [-0.39, 0.29) is 23.2 Å². The van der Waals surface area contributed by atoms with Gasteiger partial charge in [0.15, 0.2) is 5.65 Å². The van der Waals surface area contributed by atoms with E-state index in [0.717, 1.165) is 56.2 Å². The van der Waals surface area contributed by atoms with Crippen molar-refractivity contribution in [1.29, 1.82) is 0 Å². The fourth-order valence-electron chi connectivity index (χ4n) is 4.62. The van der Waals surface area contributed by atoms with Crippen LogP contribution in [-0.2, 0) is 26.9 Å². The summed E-state index contributed by atoms with van der Waals surface area (Å²) in [5, 5.41) is 12.8. The molecule has 152 valence electrons. The molecule has 3 aromatic rings. The second kappa shape index (κ2) is 6.82. The summed E-state index contributed by atoms with van der Waals surface area (Å²) in [6.45, 7) is 0. The molecule has 0 saturated heterocycles. The second-order valence-electron chi connectivity index (χ2n) is 8.21. The molecular weight excluding hydrogens is 370 g/mol. The van der Waals surface area contributed by atoms with Crippen LogP contribution in [0.25, 0.3) is 11.0 Å². The minimum Gasteiger partial charge on any atom is -0.353 e. The number of hydrogen-bond acceptors (Lipinski definition) is 6. The third-order valence-electron chi connectivity index (χ3n) is 6.33. The van der Waals surface area contributed by atoms with Gasteiger partial charge in [-0.05, 0) is 50.5 Å². The zero-order valence-corrected chi connectivity index (χ0v) is 16.8. The normalized spacial score (nSPS) is 21.4. The maximum atomic E-state index is 12.6. The van der Waals surface area contributed by atoms with E-state index in [1.165, 1.54) is 0 Å². The van der Waals surface area contributed by atoms with Crippen molar-refractivity contribution in [1.82, 2.24) is 29.1 Å². The first-order valence-corrected chi connectivity index (χ1v) is 10.3. The quantitative estimate of drug-likeness (QED) is 0.718. The molecule has 0 unspecified atom stereocenters. The molecule has 29 heavy (non-hydrogen) atoms. The molecule has 9 heteroatoms. The zero-order chi connectivity index (χ0) is 20.1. The summed E-state index contributed by atoms with van der Waals surface area (Å²) >= 11 is 0. The number of fused-ring (bicyclic) bond motifs is 2. The SMILES string of the molecule is Cn1c(NC2CCC(n3nc4c(cc3=O)CCC4)CC2)nc2c(cnn2C)c1=O.